The Morgan fingerprint density at radius 3 is 2.67 bits per heavy atom. The van der Waals surface area contributed by atoms with E-state index in [1.807, 2.05) is 24.8 Å². The lowest BCUT2D eigenvalue weighted by Crippen LogP contribution is -2.24. The Labute approximate surface area is 128 Å². The molecule has 6 nitrogen and oxygen atoms in total. The predicted octanol–water partition coefficient (Wildman–Crippen LogP) is 3.04. The number of nitriles is 1. The summed E-state index contributed by atoms with van der Waals surface area (Å²) < 4.78 is 5.56. The van der Waals surface area contributed by atoms with Gasteiger partial charge in [-0.3, -0.25) is 0 Å². The Hall–Kier alpha value is -2.39. The van der Waals surface area contributed by atoms with Crippen molar-refractivity contribution < 1.29 is 4.74 Å². The van der Waals surface area contributed by atoms with Crippen molar-refractivity contribution in [3.05, 3.63) is 35.1 Å². The van der Waals surface area contributed by atoms with Gasteiger partial charge in [0.05, 0.1) is 11.6 Å². The molecule has 0 aliphatic heterocycles. The van der Waals surface area contributed by atoms with E-state index in [0.717, 1.165) is 13.1 Å². The van der Waals surface area contributed by atoms with E-state index in [2.05, 4.69) is 15.0 Å². The highest BCUT2D eigenvalue weighted by molar-refractivity contribution is 6.28. The van der Waals surface area contributed by atoms with Crippen LogP contribution >= 0.6 is 11.6 Å². The zero-order valence-electron chi connectivity index (χ0n) is 11.7. The molecule has 0 spiro atoms. The molecular formula is C14H14ClN5O. The molecule has 0 bridgehead atoms. The first-order valence-electron chi connectivity index (χ1n) is 6.50. The molecule has 1 heterocycles. The van der Waals surface area contributed by atoms with Gasteiger partial charge in [-0.05, 0) is 43.6 Å². The third kappa shape index (κ3) is 3.80. The van der Waals surface area contributed by atoms with Crippen LogP contribution in [0.5, 0.6) is 11.8 Å². The summed E-state index contributed by atoms with van der Waals surface area (Å²) in [4.78, 5) is 14.2. The molecule has 0 N–H and O–H groups in total. The highest BCUT2D eigenvalue weighted by atomic mass is 35.5. The van der Waals surface area contributed by atoms with Gasteiger partial charge in [0.1, 0.15) is 5.75 Å². The second kappa shape index (κ2) is 6.86. The Bertz CT molecular complexity index is 667. The lowest BCUT2D eigenvalue weighted by molar-refractivity contribution is 0.439. The van der Waals surface area contributed by atoms with Crippen molar-refractivity contribution in [1.29, 1.82) is 5.26 Å². The van der Waals surface area contributed by atoms with E-state index < -0.39 is 0 Å². The van der Waals surface area contributed by atoms with E-state index in [1.54, 1.807) is 24.3 Å². The van der Waals surface area contributed by atoms with Crippen LogP contribution in [0.3, 0.4) is 0 Å². The molecule has 0 fully saturated rings. The normalized spacial score (nSPS) is 10.0. The van der Waals surface area contributed by atoms with Gasteiger partial charge in [-0.25, -0.2) is 0 Å². The van der Waals surface area contributed by atoms with Gasteiger partial charge in [0, 0.05) is 13.1 Å². The minimum Gasteiger partial charge on any atom is -0.424 e. The number of aromatic nitrogens is 3. The number of hydrogen-bond acceptors (Lipinski definition) is 6. The van der Waals surface area contributed by atoms with Crippen LogP contribution < -0.4 is 9.64 Å². The van der Waals surface area contributed by atoms with Crippen LogP contribution in [0.4, 0.5) is 5.95 Å². The van der Waals surface area contributed by atoms with Gasteiger partial charge in [-0.2, -0.15) is 20.2 Å². The van der Waals surface area contributed by atoms with Gasteiger partial charge in [0.25, 0.3) is 0 Å². The van der Waals surface area contributed by atoms with Crippen LogP contribution in [-0.2, 0) is 0 Å². The SMILES string of the molecule is CCN(CC)c1nc(Cl)nc(Oc2cccc(C#N)c2)n1. The molecule has 7 heteroatoms. The van der Waals surface area contributed by atoms with Gasteiger partial charge < -0.3 is 9.64 Å². The number of halogens is 1. The van der Waals surface area contributed by atoms with Crippen LogP contribution in [0, 0.1) is 11.3 Å². The van der Waals surface area contributed by atoms with Crippen molar-refractivity contribution in [2.24, 2.45) is 0 Å². The summed E-state index contributed by atoms with van der Waals surface area (Å²) in [7, 11) is 0. The van der Waals surface area contributed by atoms with Crippen LogP contribution in [0.15, 0.2) is 24.3 Å². The minimum atomic E-state index is 0.0679. The number of hydrogen-bond donors (Lipinski definition) is 0. The number of nitrogens with zero attached hydrogens (tertiary/aromatic N) is 5. The topological polar surface area (TPSA) is 74.9 Å². The molecule has 1 aromatic carbocycles. The van der Waals surface area contributed by atoms with Gasteiger partial charge >= 0.3 is 6.01 Å². The summed E-state index contributed by atoms with van der Waals surface area (Å²) in [5.74, 6) is 0.938. The van der Waals surface area contributed by atoms with E-state index in [-0.39, 0.29) is 11.3 Å². The Morgan fingerprint density at radius 1 is 1.24 bits per heavy atom. The largest absolute Gasteiger partial charge is 0.424 e. The number of ether oxygens (including phenoxy) is 1. The summed E-state index contributed by atoms with van der Waals surface area (Å²) in [5.41, 5.74) is 0.497. The Morgan fingerprint density at radius 2 is 2.00 bits per heavy atom. The van der Waals surface area contributed by atoms with E-state index in [4.69, 9.17) is 21.6 Å². The van der Waals surface area contributed by atoms with Crippen LogP contribution in [0.25, 0.3) is 0 Å². The predicted molar refractivity (Wildman–Crippen MR) is 79.6 cm³/mol. The molecular weight excluding hydrogens is 290 g/mol. The summed E-state index contributed by atoms with van der Waals surface area (Å²) >= 11 is 5.91. The molecule has 0 aliphatic carbocycles. The van der Waals surface area contributed by atoms with Crippen molar-refractivity contribution in [3.63, 3.8) is 0 Å². The Balaban J connectivity index is 2.29. The van der Waals surface area contributed by atoms with Crippen molar-refractivity contribution in [2.75, 3.05) is 18.0 Å². The smallest absolute Gasteiger partial charge is 0.328 e. The third-order valence-corrected chi connectivity index (χ3v) is 2.96. The zero-order valence-corrected chi connectivity index (χ0v) is 12.5. The summed E-state index contributed by atoms with van der Waals surface area (Å²) in [6.07, 6.45) is 0. The molecule has 21 heavy (non-hydrogen) atoms. The van der Waals surface area contributed by atoms with Crippen LogP contribution in [0.1, 0.15) is 19.4 Å². The molecule has 1 aromatic heterocycles. The number of benzene rings is 1. The van der Waals surface area contributed by atoms with Crippen molar-refractivity contribution in [2.45, 2.75) is 13.8 Å². The quantitative estimate of drug-likeness (QED) is 0.845. The van der Waals surface area contributed by atoms with Gasteiger partial charge in [0.2, 0.25) is 11.2 Å². The first kappa shape index (κ1) is 15.0. The van der Waals surface area contributed by atoms with E-state index in [9.17, 15) is 0 Å². The summed E-state index contributed by atoms with van der Waals surface area (Å²) in [6.45, 7) is 5.50. The van der Waals surface area contributed by atoms with Crippen LogP contribution in [-0.4, -0.2) is 28.0 Å². The lowest BCUT2D eigenvalue weighted by atomic mass is 10.2. The van der Waals surface area contributed by atoms with Crippen molar-refractivity contribution in [1.82, 2.24) is 15.0 Å². The molecule has 0 unspecified atom stereocenters. The van der Waals surface area contributed by atoms with Gasteiger partial charge in [-0.1, -0.05) is 6.07 Å². The maximum atomic E-state index is 8.88. The van der Waals surface area contributed by atoms with Crippen molar-refractivity contribution >= 4 is 17.5 Å². The zero-order chi connectivity index (χ0) is 15.2. The van der Waals surface area contributed by atoms with E-state index in [0.29, 0.717) is 17.3 Å². The summed E-state index contributed by atoms with van der Waals surface area (Å²) in [5, 5.41) is 8.95. The van der Waals surface area contributed by atoms with Crippen molar-refractivity contribution in [3.8, 4) is 17.8 Å². The second-order valence-electron chi connectivity index (χ2n) is 4.10. The second-order valence-corrected chi connectivity index (χ2v) is 4.44. The monoisotopic (exact) mass is 303 g/mol. The number of anilines is 1. The van der Waals surface area contributed by atoms with Crippen LogP contribution in [0.2, 0.25) is 5.28 Å². The highest BCUT2D eigenvalue weighted by Gasteiger charge is 2.11. The fourth-order valence-electron chi connectivity index (χ4n) is 1.75. The molecule has 0 saturated carbocycles. The maximum Gasteiger partial charge on any atom is 0.328 e. The molecule has 108 valence electrons. The highest BCUT2D eigenvalue weighted by Crippen LogP contribution is 2.22. The third-order valence-electron chi connectivity index (χ3n) is 2.79. The summed E-state index contributed by atoms with van der Waals surface area (Å²) in [6, 6.07) is 8.89. The van der Waals surface area contributed by atoms with E-state index in [1.165, 1.54) is 0 Å². The van der Waals surface area contributed by atoms with E-state index >= 15 is 0 Å². The fourth-order valence-corrected chi connectivity index (χ4v) is 1.90. The fraction of sp³-hybridized carbons (Fsp3) is 0.286. The molecule has 0 amide bonds. The maximum absolute atomic E-state index is 8.88. The first-order valence-corrected chi connectivity index (χ1v) is 6.88. The van der Waals surface area contributed by atoms with Gasteiger partial charge in [-0.15, -0.1) is 0 Å². The molecule has 2 aromatic rings. The molecule has 0 atom stereocenters. The first-order chi connectivity index (χ1) is 10.2. The average Bonchev–Trinajstić information content (AvgIpc) is 2.48. The standard InChI is InChI=1S/C14H14ClN5O/c1-3-20(4-2)13-17-12(15)18-14(19-13)21-11-7-5-6-10(8-11)9-16/h5-8H,3-4H2,1-2H3. The van der Waals surface area contributed by atoms with Gasteiger partial charge in [0.15, 0.2) is 0 Å². The molecule has 0 radical (unpaired) electrons. The molecule has 0 saturated heterocycles. The number of rotatable bonds is 5. The minimum absolute atomic E-state index is 0.0679. The average molecular weight is 304 g/mol. The molecule has 0 aliphatic rings. The lowest BCUT2D eigenvalue weighted by Gasteiger charge is -2.18. The molecule has 2 rings (SSSR count). The Kier molecular flexibility index (Phi) is 4.90.